The molecule has 1 aliphatic rings. The molecule has 1 saturated carbocycles. The second-order valence-corrected chi connectivity index (χ2v) is 4.50. The zero-order valence-corrected chi connectivity index (χ0v) is 9.71. The Morgan fingerprint density at radius 1 is 1.38 bits per heavy atom. The molecule has 0 heterocycles. The van der Waals surface area contributed by atoms with Crippen LogP contribution in [-0.4, -0.2) is 6.54 Å². The van der Waals surface area contributed by atoms with E-state index >= 15 is 0 Å². The number of benzene rings is 1. The van der Waals surface area contributed by atoms with E-state index in [1.165, 1.54) is 24.0 Å². The Kier molecular flexibility index (Phi) is 4.02. The summed E-state index contributed by atoms with van der Waals surface area (Å²) in [7, 11) is 0. The quantitative estimate of drug-likeness (QED) is 0.565. The zero-order chi connectivity index (χ0) is 11.2. The van der Waals surface area contributed by atoms with Crippen LogP contribution in [0.4, 0.5) is 0 Å². The van der Waals surface area contributed by atoms with E-state index in [2.05, 4.69) is 35.5 Å². The van der Waals surface area contributed by atoms with Gasteiger partial charge < -0.3 is 5.32 Å². The SMILES string of the molecule is C#CCCCNCc1cccc(C2CC2)c1. The van der Waals surface area contributed by atoms with E-state index in [0.717, 1.165) is 31.8 Å². The van der Waals surface area contributed by atoms with Crippen LogP contribution in [-0.2, 0) is 6.54 Å². The van der Waals surface area contributed by atoms with Gasteiger partial charge in [-0.15, -0.1) is 12.3 Å². The number of hydrogen-bond donors (Lipinski definition) is 1. The van der Waals surface area contributed by atoms with Gasteiger partial charge in [0, 0.05) is 13.0 Å². The minimum absolute atomic E-state index is 0.849. The summed E-state index contributed by atoms with van der Waals surface area (Å²) >= 11 is 0. The first-order valence-electron chi connectivity index (χ1n) is 6.13. The van der Waals surface area contributed by atoms with Gasteiger partial charge in [-0.3, -0.25) is 0 Å². The van der Waals surface area contributed by atoms with Crippen molar-refractivity contribution >= 4 is 0 Å². The molecule has 0 radical (unpaired) electrons. The number of nitrogens with one attached hydrogen (secondary N) is 1. The van der Waals surface area contributed by atoms with Gasteiger partial charge in [0.25, 0.3) is 0 Å². The molecule has 0 aromatic heterocycles. The molecule has 1 N–H and O–H groups in total. The lowest BCUT2D eigenvalue weighted by Crippen LogP contribution is -2.14. The Morgan fingerprint density at radius 3 is 3.00 bits per heavy atom. The standard InChI is InChI=1S/C15H19N/c1-2-3-4-10-16-12-13-6-5-7-15(11-13)14-8-9-14/h1,5-7,11,14,16H,3-4,8-10,12H2. The Labute approximate surface area is 98.3 Å². The van der Waals surface area contributed by atoms with Gasteiger partial charge in [-0.25, -0.2) is 0 Å². The third kappa shape index (κ3) is 3.40. The molecule has 2 rings (SSSR count). The summed E-state index contributed by atoms with van der Waals surface area (Å²) in [6, 6.07) is 8.96. The van der Waals surface area contributed by atoms with Gasteiger partial charge in [0.1, 0.15) is 0 Å². The van der Waals surface area contributed by atoms with Crippen molar-refractivity contribution in [1.82, 2.24) is 5.32 Å². The Morgan fingerprint density at radius 2 is 2.25 bits per heavy atom. The molecule has 84 valence electrons. The van der Waals surface area contributed by atoms with Crippen molar-refractivity contribution in [2.45, 2.75) is 38.1 Å². The zero-order valence-electron chi connectivity index (χ0n) is 9.71. The van der Waals surface area contributed by atoms with Crippen molar-refractivity contribution < 1.29 is 0 Å². The molecule has 1 aliphatic carbocycles. The highest BCUT2D eigenvalue weighted by atomic mass is 14.8. The van der Waals surface area contributed by atoms with Crippen molar-refractivity contribution in [2.24, 2.45) is 0 Å². The van der Waals surface area contributed by atoms with Gasteiger partial charge in [0.15, 0.2) is 0 Å². The van der Waals surface area contributed by atoms with Gasteiger partial charge in [-0.05, 0) is 42.9 Å². The predicted molar refractivity (Wildman–Crippen MR) is 68.2 cm³/mol. The molecule has 0 saturated heterocycles. The monoisotopic (exact) mass is 213 g/mol. The minimum Gasteiger partial charge on any atom is -0.313 e. The molecule has 1 aromatic rings. The maximum Gasteiger partial charge on any atom is 0.0205 e. The van der Waals surface area contributed by atoms with Gasteiger partial charge in [-0.2, -0.15) is 0 Å². The fourth-order valence-corrected chi connectivity index (χ4v) is 1.92. The molecule has 0 amide bonds. The summed E-state index contributed by atoms with van der Waals surface area (Å²) in [5, 5.41) is 3.43. The van der Waals surface area contributed by atoms with Crippen molar-refractivity contribution in [3.63, 3.8) is 0 Å². The molecule has 0 unspecified atom stereocenters. The second kappa shape index (κ2) is 5.72. The molecular formula is C15H19N. The minimum atomic E-state index is 0.849. The summed E-state index contributed by atoms with van der Waals surface area (Å²) in [5.74, 6) is 3.51. The smallest absolute Gasteiger partial charge is 0.0205 e. The summed E-state index contributed by atoms with van der Waals surface area (Å²) < 4.78 is 0. The maximum absolute atomic E-state index is 5.20. The highest BCUT2D eigenvalue weighted by Gasteiger charge is 2.23. The number of terminal acetylenes is 1. The van der Waals surface area contributed by atoms with E-state index in [0.29, 0.717) is 0 Å². The van der Waals surface area contributed by atoms with Crippen LogP contribution < -0.4 is 5.32 Å². The first kappa shape index (κ1) is 11.2. The Hall–Kier alpha value is -1.26. The largest absolute Gasteiger partial charge is 0.313 e. The third-order valence-electron chi connectivity index (χ3n) is 3.00. The highest BCUT2D eigenvalue weighted by molar-refractivity contribution is 5.29. The highest BCUT2D eigenvalue weighted by Crippen LogP contribution is 2.40. The molecule has 0 bridgehead atoms. The molecule has 1 aromatic carbocycles. The van der Waals surface area contributed by atoms with E-state index in [-0.39, 0.29) is 0 Å². The van der Waals surface area contributed by atoms with Crippen LogP contribution in [0.15, 0.2) is 24.3 Å². The first-order valence-corrected chi connectivity index (χ1v) is 6.13. The summed E-state index contributed by atoms with van der Waals surface area (Å²) in [4.78, 5) is 0. The molecule has 1 heteroatoms. The van der Waals surface area contributed by atoms with Gasteiger partial charge in [-0.1, -0.05) is 24.3 Å². The molecular weight excluding hydrogens is 194 g/mol. The van der Waals surface area contributed by atoms with Crippen LogP contribution >= 0.6 is 0 Å². The lowest BCUT2D eigenvalue weighted by Gasteiger charge is -2.05. The topological polar surface area (TPSA) is 12.0 Å². The van der Waals surface area contributed by atoms with Crippen LogP contribution in [0.5, 0.6) is 0 Å². The van der Waals surface area contributed by atoms with Crippen molar-refractivity contribution in [3.05, 3.63) is 35.4 Å². The first-order chi connectivity index (χ1) is 7.90. The third-order valence-corrected chi connectivity index (χ3v) is 3.00. The normalized spacial score (nSPS) is 14.7. The number of hydrogen-bond acceptors (Lipinski definition) is 1. The fourth-order valence-electron chi connectivity index (χ4n) is 1.92. The fraction of sp³-hybridized carbons (Fsp3) is 0.467. The predicted octanol–water partition coefficient (Wildman–Crippen LogP) is 3.07. The lowest BCUT2D eigenvalue weighted by molar-refractivity contribution is 0.658. The van der Waals surface area contributed by atoms with Crippen LogP contribution in [0, 0.1) is 12.3 Å². The van der Waals surface area contributed by atoms with Crippen LogP contribution in [0.25, 0.3) is 0 Å². The van der Waals surface area contributed by atoms with Gasteiger partial charge >= 0.3 is 0 Å². The molecule has 1 nitrogen and oxygen atoms in total. The maximum atomic E-state index is 5.20. The second-order valence-electron chi connectivity index (χ2n) is 4.50. The molecule has 16 heavy (non-hydrogen) atoms. The molecule has 1 fully saturated rings. The Balaban J connectivity index is 1.76. The molecule has 0 aliphatic heterocycles. The van der Waals surface area contributed by atoms with Gasteiger partial charge in [0.05, 0.1) is 0 Å². The Bertz CT molecular complexity index is 371. The van der Waals surface area contributed by atoms with Crippen molar-refractivity contribution in [2.75, 3.05) is 6.54 Å². The van der Waals surface area contributed by atoms with E-state index in [9.17, 15) is 0 Å². The molecule has 0 spiro atoms. The van der Waals surface area contributed by atoms with E-state index in [1.54, 1.807) is 0 Å². The number of rotatable bonds is 6. The summed E-state index contributed by atoms with van der Waals surface area (Å²) in [6.45, 7) is 1.98. The van der Waals surface area contributed by atoms with Crippen molar-refractivity contribution in [1.29, 1.82) is 0 Å². The van der Waals surface area contributed by atoms with Crippen molar-refractivity contribution in [3.8, 4) is 12.3 Å². The van der Waals surface area contributed by atoms with E-state index in [1.807, 2.05) is 0 Å². The van der Waals surface area contributed by atoms with E-state index < -0.39 is 0 Å². The summed E-state index contributed by atoms with van der Waals surface area (Å²) in [5.41, 5.74) is 2.91. The lowest BCUT2D eigenvalue weighted by atomic mass is 10.1. The molecule has 0 atom stereocenters. The average molecular weight is 213 g/mol. The van der Waals surface area contributed by atoms with E-state index in [4.69, 9.17) is 6.42 Å². The summed E-state index contributed by atoms with van der Waals surface area (Å²) in [6.07, 6.45) is 9.89. The average Bonchev–Trinajstić information content (AvgIpc) is 3.13. The van der Waals surface area contributed by atoms with Crippen LogP contribution in [0.3, 0.4) is 0 Å². The number of unbranched alkanes of at least 4 members (excludes halogenated alkanes) is 1. The van der Waals surface area contributed by atoms with Gasteiger partial charge in [0.2, 0.25) is 0 Å². The van der Waals surface area contributed by atoms with Crippen LogP contribution in [0.1, 0.15) is 42.7 Å². The van der Waals surface area contributed by atoms with Crippen LogP contribution in [0.2, 0.25) is 0 Å².